The quantitative estimate of drug-likeness (QED) is 0.764. The number of alkyl halides is 3. The number of rotatable bonds is 3. The molecule has 30 heavy (non-hydrogen) atoms. The molecule has 0 saturated carbocycles. The van der Waals surface area contributed by atoms with Gasteiger partial charge in [-0.25, -0.2) is 0 Å². The van der Waals surface area contributed by atoms with Gasteiger partial charge in [0.05, 0.1) is 12.0 Å². The number of aromatic nitrogens is 1. The average molecular weight is 419 g/mol. The Morgan fingerprint density at radius 3 is 2.77 bits per heavy atom. The number of nitrogens with zero attached hydrogens (tertiary/aromatic N) is 3. The monoisotopic (exact) mass is 419 g/mol. The van der Waals surface area contributed by atoms with Crippen molar-refractivity contribution < 1.29 is 27.5 Å². The van der Waals surface area contributed by atoms with E-state index in [1.54, 1.807) is 35.3 Å². The summed E-state index contributed by atoms with van der Waals surface area (Å²) in [5.74, 6) is -1.25. The maximum Gasteiger partial charge on any atom is 0.573 e. The van der Waals surface area contributed by atoms with Gasteiger partial charge in [0.2, 0.25) is 11.8 Å². The number of ether oxygens (including phenoxy) is 1. The highest BCUT2D eigenvalue weighted by Crippen LogP contribution is 2.40. The van der Waals surface area contributed by atoms with Gasteiger partial charge in [-0.2, -0.15) is 0 Å². The van der Waals surface area contributed by atoms with Gasteiger partial charge in [0.15, 0.2) is 0 Å². The molecule has 2 atom stereocenters. The van der Waals surface area contributed by atoms with Crippen molar-refractivity contribution in [1.82, 2.24) is 9.88 Å². The first-order valence-electron chi connectivity index (χ1n) is 9.60. The summed E-state index contributed by atoms with van der Waals surface area (Å²) in [6, 6.07) is 7.17. The van der Waals surface area contributed by atoms with Gasteiger partial charge < -0.3 is 14.5 Å². The summed E-state index contributed by atoms with van der Waals surface area (Å²) in [5.41, 5.74) is 1.95. The molecule has 3 heterocycles. The summed E-state index contributed by atoms with van der Waals surface area (Å²) in [5, 5.41) is 0. The molecule has 1 saturated heterocycles. The van der Waals surface area contributed by atoms with Gasteiger partial charge in [0.25, 0.3) is 0 Å². The van der Waals surface area contributed by atoms with Crippen LogP contribution < -0.4 is 9.64 Å². The Labute approximate surface area is 171 Å². The number of halogens is 3. The van der Waals surface area contributed by atoms with Crippen molar-refractivity contribution in [3.63, 3.8) is 0 Å². The number of benzene rings is 1. The second-order valence-electron chi connectivity index (χ2n) is 7.48. The van der Waals surface area contributed by atoms with Crippen LogP contribution in [0.2, 0.25) is 0 Å². The zero-order chi connectivity index (χ0) is 21.5. The van der Waals surface area contributed by atoms with Crippen LogP contribution in [0, 0.1) is 5.92 Å². The average Bonchev–Trinajstić information content (AvgIpc) is 3.01. The maximum atomic E-state index is 13.5. The van der Waals surface area contributed by atoms with Crippen molar-refractivity contribution in [3.05, 3.63) is 53.9 Å². The van der Waals surface area contributed by atoms with Gasteiger partial charge in [-0.1, -0.05) is 6.07 Å². The second kappa shape index (κ2) is 7.62. The van der Waals surface area contributed by atoms with Crippen molar-refractivity contribution in [2.45, 2.75) is 31.7 Å². The topological polar surface area (TPSA) is 62.7 Å². The summed E-state index contributed by atoms with van der Waals surface area (Å²) in [6.45, 7) is 0.444. The molecule has 0 aliphatic carbocycles. The zero-order valence-corrected chi connectivity index (χ0v) is 16.2. The molecule has 158 valence electrons. The van der Waals surface area contributed by atoms with Gasteiger partial charge in [0.1, 0.15) is 5.75 Å². The van der Waals surface area contributed by atoms with E-state index in [9.17, 15) is 22.8 Å². The van der Waals surface area contributed by atoms with Crippen LogP contribution in [0.15, 0.2) is 42.7 Å². The largest absolute Gasteiger partial charge is 0.573 e. The molecule has 4 rings (SSSR count). The number of hydrogen-bond acceptors (Lipinski definition) is 4. The third-order valence-electron chi connectivity index (χ3n) is 5.60. The number of aryl methyl sites for hydroxylation is 1. The molecule has 1 fully saturated rings. The summed E-state index contributed by atoms with van der Waals surface area (Å²) >= 11 is 0. The molecule has 2 unspecified atom stereocenters. The van der Waals surface area contributed by atoms with Gasteiger partial charge in [0, 0.05) is 38.1 Å². The molecule has 0 radical (unpaired) electrons. The van der Waals surface area contributed by atoms with E-state index in [0.29, 0.717) is 30.6 Å². The number of carbonyl (C=O) groups is 2. The number of amides is 2. The molecule has 6 nitrogen and oxygen atoms in total. The molecule has 2 amide bonds. The fourth-order valence-electron chi connectivity index (χ4n) is 4.30. The number of anilines is 1. The third-order valence-corrected chi connectivity index (χ3v) is 5.60. The molecular weight excluding hydrogens is 399 g/mol. The van der Waals surface area contributed by atoms with Gasteiger partial charge in [-0.15, -0.1) is 13.2 Å². The van der Waals surface area contributed by atoms with Crippen molar-refractivity contribution >= 4 is 17.5 Å². The van der Waals surface area contributed by atoms with Crippen LogP contribution in [0.5, 0.6) is 5.75 Å². The maximum absolute atomic E-state index is 13.5. The highest BCUT2D eigenvalue weighted by molar-refractivity contribution is 6.00. The van der Waals surface area contributed by atoms with Crippen LogP contribution in [0.25, 0.3) is 0 Å². The first-order valence-corrected chi connectivity index (χ1v) is 9.60. The predicted octanol–water partition coefficient (Wildman–Crippen LogP) is 3.48. The highest BCUT2D eigenvalue weighted by Gasteiger charge is 2.45. The standard InChI is InChI=1S/C21H20F3N3O3/c1-26-18(28)11-16(19(26)14-4-2-8-25-12-14)20(29)27-9-3-5-13-10-15(6-7-17(13)27)30-21(22,23)24/h2,4,6-8,10,12,16,19H,3,5,9,11H2,1H3. The number of carbonyl (C=O) groups excluding carboxylic acids is 2. The van der Waals surface area contributed by atoms with E-state index in [4.69, 9.17) is 0 Å². The fourth-order valence-corrected chi connectivity index (χ4v) is 4.30. The Morgan fingerprint density at radius 2 is 2.07 bits per heavy atom. The molecule has 0 bridgehead atoms. The van der Waals surface area contributed by atoms with E-state index in [0.717, 1.165) is 5.56 Å². The summed E-state index contributed by atoms with van der Waals surface area (Å²) in [4.78, 5) is 33.1. The molecule has 1 aromatic heterocycles. The lowest BCUT2D eigenvalue weighted by Crippen LogP contribution is -2.41. The molecule has 0 spiro atoms. The number of pyridine rings is 1. The zero-order valence-electron chi connectivity index (χ0n) is 16.2. The van der Waals surface area contributed by atoms with Gasteiger partial charge >= 0.3 is 6.36 Å². The minimum Gasteiger partial charge on any atom is -0.406 e. The fraction of sp³-hybridized carbons (Fsp3) is 0.381. The van der Waals surface area contributed by atoms with Crippen LogP contribution >= 0.6 is 0 Å². The molecule has 2 aromatic rings. The normalized spacial score (nSPS) is 21.5. The van der Waals surface area contributed by atoms with E-state index < -0.39 is 18.3 Å². The van der Waals surface area contributed by atoms with Crippen molar-refractivity contribution in [1.29, 1.82) is 0 Å². The van der Waals surface area contributed by atoms with Gasteiger partial charge in [-0.05, 0) is 48.2 Å². The van der Waals surface area contributed by atoms with Gasteiger partial charge in [-0.3, -0.25) is 14.6 Å². The van der Waals surface area contributed by atoms with Crippen LogP contribution in [0.1, 0.15) is 30.0 Å². The highest BCUT2D eigenvalue weighted by atomic mass is 19.4. The Morgan fingerprint density at radius 1 is 1.27 bits per heavy atom. The molecular formula is C21H20F3N3O3. The minimum absolute atomic E-state index is 0.0794. The van der Waals surface area contributed by atoms with E-state index in [-0.39, 0.29) is 24.0 Å². The summed E-state index contributed by atoms with van der Waals surface area (Å²) in [6.07, 6.45) is -0.268. The summed E-state index contributed by atoms with van der Waals surface area (Å²) < 4.78 is 41.6. The lowest BCUT2D eigenvalue weighted by atomic mass is 9.91. The van der Waals surface area contributed by atoms with Crippen LogP contribution in [0.3, 0.4) is 0 Å². The van der Waals surface area contributed by atoms with E-state index in [1.165, 1.54) is 18.2 Å². The van der Waals surface area contributed by atoms with E-state index >= 15 is 0 Å². The molecule has 1 aromatic carbocycles. The second-order valence-corrected chi connectivity index (χ2v) is 7.48. The smallest absolute Gasteiger partial charge is 0.406 e. The Hall–Kier alpha value is -3.10. The molecule has 2 aliphatic rings. The van der Waals surface area contributed by atoms with Crippen LogP contribution in [-0.2, 0) is 16.0 Å². The van der Waals surface area contributed by atoms with E-state index in [1.807, 2.05) is 6.07 Å². The predicted molar refractivity (Wildman–Crippen MR) is 102 cm³/mol. The Kier molecular flexibility index (Phi) is 5.13. The number of hydrogen-bond donors (Lipinski definition) is 0. The first kappa shape index (κ1) is 20.2. The lowest BCUT2D eigenvalue weighted by Gasteiger charge is -2.33. The van der Waals surface area contributed by atoms with Crippen LogP contribution in [-0.4, -0.2) is 41.7 Å². The lowest BCUT2D eigenvalue weighted by molar-refractivity contribution is -0.274. The van der Waals surface area contributed by atoms with E-state index in [2.05, 4.69) is 9.72 Å². The minimum atomic E-state index is -4.77. The first-order chi connectivity index (χ1) is 14.2. The van der Waals surface area contributed by atoms with Crippen LogP contribution in [0.4, 0.5) is 18.9 Å². The number of likely N-dealkylation sites (tertiary alicyclic amines) is 1. The molecule has 9 heteroatoms. The third kappa shape index (κ3) is 3.83. The van der Waals surface area contributed by atoms with Crippen molar-refractivity contribution in [3.8, 4) is 5.75 Å². The molecule has 2 aliphatic heterocycles. The van der Waals surface area contributed by atoms with Crippen molar-refractivity contribution in [2.24, 2.45) is 5.92 Å². The molecule has 0 N–H and O–H groups in total. The Bertz CT molecular complexity index is 965. The summed E-state index contributed by atoms with van der Waals surface area (Å²) in [7, 11) is 1.66. The van der Waals surface area contributed by atoms with Crippen molar-refractivity contribution in [2.75, 3.05) is 18.5 Å². The number of fused-ring (bicyclic) bond motifs is 1. The SMILES string of the molecule is CN1C(=O)CC(C(=O)N2CCCc3cc(OC(F)(F)F)ccc32)C1c1cccnc1. The Balaban J connectivity index is 1.63.